The normalized spacial score (nSPS) is 26.3. The first kappa shape index (κ1) is 19.0. The van der Waals surface area contributed by atoms with Crippen LogP contribution in [0.4, 0.5) is 0 Å². The van der Waals surface area contributed by atoms with E-state index in [1.54, 1.807) is 0 Å². The molecule has 0 bridgehead atoms. The number of guanidine groups is 1. The van der Waals surface area contributed by atoms with Crippen molar-refractivity contribution in [2.75, 3.05) is 52.9 Å². The predicted octanol–water partition coefficient (Wildman–Crippen LogP) is 1.57. The van der Waals surface area contributed by atoms with Crippen LogP contribution in [0.15, 0.2) is 4.99 Å². The van der Waals surface area contributed by atoms with Gasteiger partial charge in [0.25, 0.3) is 0 Å². The van der Waals surface area contributed by atoms with Gasteiger partial charge in [-0.15, -0.1) is 0 Å². The molecule has 0 aliphatic carbocycles. The first-order chi connectivity index (χ1) is 11.7. The molecule has 24 heavy (non-hydrogen) atoms. The molecule has 0 aromatic carbocycles. The highest BCUT2D eigenvalue weighted by molar-refractivity contribution is 5.82. The number of likely N-dealkylation sites (tertiary alicyclic amines) is 2. The topological polar surface area (TPSA) is 57.2 Å². The fourth-order valence-corrected chi connectivity index (χ4v) is 3.68. The van der Waals surface area contributed by atoms with Gasteiger partial charge < -0.3 is 19.9 Å². The van der Waals surface area contributed by atoms with E-state index in [0.717, 1.165) is 32.1 Å². The number of methoxy groups -OCH3 is 1. The van der Waals surface area contributed by atoms with Gasteiger partial charge in [0, 0.05) is 26.2 Å². The fourth-order valence-electron chi connectivity index (χ4n) is 3.68. The van der Waals surface area contributed by atoms with Crippen molar-refractivity contribution in [1.82, 2.24) is 15.1 Å². The number of nitrogens with one attached hydrogen (secondary N) is 1. The minimum Gasteiger partial charge on any atom is -0.469 e. The molecule has 2 heterocycles. The van der Waals surface area contributed by atoms with Crippen molar-refractivity contribution in [3.05, 3.63) is 0 Å². The fraction of sp³-hybridized carbons (Fsp3) is 0.889. The Labute approximate surface area is 146 Å². The van der Waals surface area contributed by atoms with Gasteiger partial charge in [-0.3, -0.25) is 9.79 Å². The highest BCUT2D eigenvalue weighted by Gasteiger charge is 2.36. The Bertz CT molecular complexity index is 419. The Hall–Kier alpha value is -1.30. The average Bonchev–Trinajstić information content (AvgIpc) is 2.79. The number of rotatable bonds is 5. The third kappa shape index (κ3) is 5.36. The third-order valence-corrected chi connectivity index (χ3v) is 5.13. The van der Waals surface area contributed by atoms with Gasteiger partial charge >= 0.3 is 5.97 Å². The van der Waals surface area contributed by atoms with Crippen LogP contribution in [0.3, 0.4) is 0 Å². The third-order valence-electron chi connectivity index (χ3n) is 5.13. The molecule has 0 spiro atoms. The predicted molar refractivity (Wildman–Crippen MR) is 97.1 cm³/mol. The average molecular weight is 338 g/mol. The molecule has 1 N–H and O–H groups in total. The first-order valence-corrected chi connectivity index (χ1v) is 9.49. The molecule has 2 aliphatic rings. The van der Waals surface area contributed by atoms with E-state index in [-0.39, 0.29) is 11.9 Å². The summed E-state index contributed by atoms with van der Waals surface area (Å²) in [6, 6.07) is 0. The van der Waals surface area contributed by atoms with E-state index in [2.05, 4.69) is 29.0 Å². The highest BCUT2D eigenvalue weighted by Crippen LogP contribution is 2.24. The lowest BCUT2D eigenvalue weighted by Gasteiger charge is -2.23. The van der Waals surface area contributed by atoms with Crippen molar-refractivity contribution < 1.29 is 9.53 Å². The van der Waals surface area contributed by atoms with Crippen molar-refractivity contribution in [2.24, 2.45) is 16.8 Å². The lowest BCUT2D eigenvalue weighted by molar-refractivity contribution is -0.145. The van der Waals surface area contributed by atoms with Gasteiger partial charge in [-0.25, -0.2) is 0 Å². The van der Waals surface area contributed by atoms with Crippen molar-refractivity contribution in [1.29, 1.82) is 0 Å². The molecule has 2 aliphatic heterocycles. The van der Waals surface area contributed by atoms with Gasteiger partial charge in [-0.1, -0.05) is 19.8 Å². The quantitative estimate of drug-likeness (QED) is 0.468. The molecule has 0 radical (unpaired) electrons. The number of carbonyl (C=O) groups is 1. The second kappa shape index (κ2) is 9.87. The summed E-state index contributed by atoms with van der Waals surface area (Å²) >= 11 is 0. The molecule has 2 fully saturated rings. The van der Waals surface area contributed by atoms with Crippen LogP contribution in [0.5, 0.6) is 0 Å². The van der Waals surface area contributed by atoms with E-state index < -0.39 is 0 Å². The zero-order valence-corrected chi connectivity index (χ0v) is 15.6. The van der Waals surface area contributed by atoms with Crippen LogP contribution < -0.4 is 5.32 Å². The molecule has 2 rings (SSSR count). The molecule has 0 saturated carbocycles. The maximum absolute atomic E-state index is 11.9. The Balaban J connectivity index is 1.89. The summed E-state index contributed by atoms with van der Waals surface area (Å²) in [5, 5.41) is 3.38. The summed E-state index contributed by atoms with van der Waals surface area (Å²) in [6.45, 7) is 10.8. The number of esters is 1. The number of hydrogen-bond donors (Lipinski definition) is 1. The number of nitrogens with zero attached hydrogens (tertiary/aromatic N) is 3. The highest BCUT2D eigenvalue weighted by atomic mass is 16.5. The van der Waals surface area contributed by atoms with Crippen LogP contribution in [0.25, 0.3) is 0 Å². The first-order valence-electron chi connectivity index (χ1n) is 9.49. The van der Waals surface area contributed by atoms with Crippen LogP contribution in [-0.4, -0.2) is 74.7 Å². The molecule has 138 valence electrons. The maximum Gasteiger partial charge on any atom is 0.310 e. The Morgan fingerprint density at radius 3 is 2.54 bits per heavy atom. The van der Waals surface area contributed by atoms with Crippen molar-refractivity contribution in [2.45, 2.75) is 39.5 Å². The van der Waals surface area contributed by atoms with Crippen LogP contribution in [-0.2, 0) is 9.53 Å². The number of aliphatic imine (C=N–C) groups is 1. The van der Waals surface area contributed by atoms with Crippen LogP contribution >= 0.6 is 0 Å². The largest absolute Gasteiger partial charge is 0.469 e. The minimum absolute atomic E-state index is 0.0514. The van der Waals surface area contributed by atoms with E-state index in [4.69, 9.17) is 9.73 Å². The summed E-state index contributed by atoms with van der Waals surface area (Å²) in [4.78, 5) is 21.4. The summed E-state index contributed by atoms with van der Waals surface area (Å²) in [6.07, 6.45) is 5.36. The molecule has 0 amide bonds. The molecule has 6 heteroatoms. The second-order valence-electron chi connectivity index (χ2n) is 7.00. The summed E-state index contributed by atoms with van der Waals surface area (Å²) < 4.78 is 4.93. The summed E-state index contributed by atoms with van der Waals surface area (Å²) in [5.74, 6) is 1.08. The van der Waals surface area contributed by atoms with Gasteiger partial charge in [-0.05, 0) is 38.8 Å². The maximum atomic E-state index is 11.9. The minimum atomic E-state index is -0.106. The lowest BCUT2D eigenvalue weighted by atomic mass is 9.99. The van der Waals surface area contributed by atoms with Crippen molar-refractivity contribution >= 4 is 11.9 Å². The molecule has 0 aromatic rings. The van der Waals surface area contributed by atoms with Gasteiger partial charge in [0.15, 0.2) is 5.96 Å². The molecular formula is C18H34N4O2. The summed E-state index contributed by atoms with van der Waals surface area (Å²) in [5.41, 5.74) is 0. The van der Waals surface area contributed by atoms with Crippen LogP contribution in [0, 0.1) is 11.8 Å². The van der Waals surface area contributed by atoms with Crippen LogP contribution in [0.1, 0.15) is 39.5 Å². The molecule has 6 nitrogen and oxygen atoms in total. The van der Waals surface area contributed by atoms with Gasteiger partial charge in [0.05, 0.1) is 19.6 Å². The smallest absolute Gasteiger partial charge is 0.310 e. The van der Waals surface area contributed by atoms with E-state index in [9.17, 15) is 4.79 Å². The molecule has 2 atom stereocenters. The van der Waals surface area contributed by atoms with E-state index in [1.165, 1.54) is 45.9 Å². The van der Waals surface area contributed by atoms with E-state index >= 15 is 0 Å². The molecular weight excluding hydrogens is 304 g/mol. The van der Waals surface area contributed by atoms with E-state index in [0.29, 0.717) is 12.5 Å². The SMILES string of the molecule is CCNC(=NCCN1CCCCCC1)N1CC(C)C(C(=O)OC)C1. The van der Waals surface area contributed by atoms with Gasteiger partial charge in [-0.2, -0.15) is 0 Å². The molecule has 2 saturated heterocycles. The molecule has 2 unspecified atom stereocenters. The Kier molecular flexibility index (Phi) is 7.82. The standard InChI is InChI=1S/C18H34N4O2/c1-4-19-18(20-9-12-21-10-7-5-6-8-11-21)22-13-15(2)16(14-22)17(23)24-3/h15-16H,4-14H2,1-3H3,(H,19,20). The number of carbonyl (C=O) groups excluding carboxylic acids is 1. The van der Waals surface area contributed by atoms with Crippen molar-refractivity contribution in [3.8, 4) is 0 Å². The number of hydrogen-bond acceptors (Lipinski definition) is 4. The van der Waals surface area contributed by atoms with Gasteiger partial charge in [0.2, 0.25) is 0 Å². The second-order valence-corrected chi connectivity index (χ2v) is 7.00. The van der Waals surface area contributed by atoms with Crippen LogP contribution in [0.2, 0.25) is 0 Å². The van der Waals surface area contributed by atoms with E-state index in [1.807, 2.05) is 0 Å². The monoisotopic (exact) mass is 338 g/mol. The Morgan fingerprint density at radius 2 is 1.92 bits per heavy atom. The molecule has 0 aromatic heterocycles. The number of ether oxygens (including phenoxy) is 1. The Morgan fingerprint density at radius 1 is 1.21 bits per heavy atom. The summed E-state index contributed by atoms with van der Waals surface area (Å²) in [7, 11) is 1.47. The van der Waals surface area contributed by atoms with Crippen molar-refractivity contribution in [3.63, 3.8) is 0 Å². The zero-order chi connectivity index (χ0) is 17.4. The van der Waals surface area contributed by atoms with Gasteiger partial charge in [0.1, 0.15) is 0 Å². The zero-order valence-electron chi connectivity index (χ0n) is 15.6. The lowest BCUT2D eigenvalue weighted by Crippen LogP contribution is -2.41.